The SMILES string of the molecule is CCOc1ccc(N(CC(=O)N/N=C/c2cc(OC)ccc2OC)S(=O)(=O)c2ccc(C)cc2)cc1. The van der Waals surface area contributed by atoms with Gasteiger partial charge in [-0.05, 0) is 68.4 Å². The van der Waals surface area contributed by atoms with Crippen molar-refractivity contribution in [3.8, 4) is 17.2 Å². The molecule has 0 unspecified atom stereocenters. The fraction of sp³-hybridized carbons (Fsp3) is 0.231. The zero-order valence-corrected chi connectivity index (χ0v) is 21.4. The van der Waals surface area contributed by atoms with Crippen molar-refractivity contribution in [2.24, 2.45) is 5.10 Å². The molecule has 0 bridgehead atoms. The second-order valence-corrected chi connectivity index (χ2v) is 9.52. The summed E-state index contributed by atoms with van der Waals surface area (Å²) in [6.07, 6.45) is 1.40. The average Bonchev–Trinajstić information content (AvgIpc) is 2.88. The van der Waals surface area contributed by atoms with Gasteiger partial charge in [0.25, 0.3) is 15.9 Å². The summed E-state index contributed by atoms with van der Waals surface area (Å²) in [7, 11) is -0.992. The van der Waals surface area contributed by atoms with Crippen LogP contribution in [-0.4, -0.2) is 47.9 Å². The number of nitrogens with one attached hydrogen (secondary N) is 1. The predicted octanol–water partition coefficient (Wildman–Crippen LogP) is 3.76. The molecule has 0 fully saturated rings. The largest absolute Gasteiger partial charge is 0.497 e. The van der Waals surface area contributed by atoms with Crippen molar-refractivity contribution in [3.63, 3.8) is 0 Å². The Bertz CT molecular complexity index is 1310. The summed E-state index contributed by atoms with van der Waals surface area (Å²) in [5.74, 6) is 1.09. The van der Waals surface area contributed by atoms with Crippen LogP contribution in [0.5, 0.6) is 17.2 Å². The van der Waals surface area contributed by atoms with Crippen LogP contribution in [-0.2, 0) is 14.8 Å². The molecule has 0 aromatic heterocycles. The van der Waals surface area contributed by atoms with E-state index >= 15 is 0 Å². The number of benzene rings is 3. The molecule has 0 aliphatic rings. The monoisotopic (exact) mass is 511 g/mol. The molecule has 0 heterocycles. The maximum absolute atomic E-state index is 13.5. The van der Waals surface area contributed by atoms with Crippen molar-refractivity contribution < 1.29 is 27.4 Å². The first-order chi connectivity index (χ1) is 17.3. The van der Waals surface area contributed by atoms with Crippen LogP contribution in [0.15, 0.2) is 76.7 Å². The first-order valence-electron chi connectivity index (χ1n) is 11.1. The second-order valence-electron chi connectivity index (χ2n) is 7.65. The van der Waals surface area contributed by atoms with E-state index in [4.69, 9.17) is 14.2 Å². The third kappa shape index (κ3) is 6.54. The summed E-state index contributed by atoms with van der Waals surface area (Å²) in [4.78, 5) is 12.9. The van der Waals surface area contributed by atoms with Crippen LogP contribution in [0, 0.1) is 6.92 Å². The highest BCUT2D eigenvalue weighted by Gasteiger charge is 2.27. The summed E-state index contributed by atoms with van der Waals surface area (Å²) in [5, 5.41) is 3.98. The number of amides is 1. The van der Waals surface area contributed by atoms with E-state index in [1.54, 1.807) is 54.6 Å². The van der Waals surface area contributed by atoms with Crippen molar-refractivity contribution in [1.29, 1.82) is 0 Å². The molecule has 0 aliphatic carbocycles. The standard InChI is InChI=1S/C26H29N3O6S/c1-5-35-22-10-8-21(9-11-22)29(36(31,32)24-13-6-19(2)7-14-24)18-26(30)28-27-17-20-16-23(33-3)12-15-25(20)34-4/h6-17H,5,18H2,1-4H3,(H,28,30)/b27-17+. The van der Waals surface area contributed by atoms with E-state index in [1.807, 2.05) is 13.8 Å². The van der Waals surface area contributed by atoms with Gasteiger partial charge in [0.1, 0.15) is 23.8 Å². The number of carbonyl (C=O) groups excluding carboxylic acids is 1. The van der Waals surface area contributed by atoms with Gasteiger partial charge >= 0.3 is 0 Å². The summed E-state index contributed by atoms with van der Waals surface area (Å²) in [6.45, 7) is 3.71. The lowest BCUT2D eigenvalue weighted by Crippen LogP contribution is -2.39. The highest BCUT2D eigenvalue weighted by Crippen LogP contribution is 2.26. The highest BCUT2D eigenvalue weighted by atomic mass is 32.2. The van der Waals surface area contributed by atoms with Gasteiger partial charge in [0.05, 0.1) is 37.6 Å². The number of anilines is 1. The van der Waals surface area contributed by atoms with Gasteiger partial charge in [0, 0.05) is 5.56 Å². The van der Waals surface area contributed by atoms with Gasteiger partial charge in [0.15, 0.2) is 0 Å². The van der Waals surface area contributed by atoms with Crippen molar-refractivity contribution in [2.45, 2.75) is 18.7 Å². The highest BCUT2D eigenvalue weighted by molar-refractivity contribution is 7.92. The van der Waals surface area contributed by atoms with E-state index < -0.39 is 22.5 Å². The molecule has 9 nitrogen and oxygen atoms in total. The van der Waals surface area contributed by atoms with Gasteiger partial charge in [0.2, 0.25) is 0 Å². The molecule has 190 valence electrons. The molecule has 3 aromatic carbocycles. The molecule has 3 rings (SSSR count). The molecule has 0 saturated carbocycles. The molecule has 0 atom stereocenters. The topological polar surface area (TPSA) is 107 Å². The number of methoxy groups -OCH3 is 2. The minimum absolute atomic E-state index is 0.0689. The van der Waals surface area contributed by atoms with Gasteiger partial charge < -0.3 is 14.2 Å². The molecule has 36 heavy (non-hydrogen) atoms. The average molecular weight is 512 g/mol. The lowest BCUT2D eigenvalue weighted by molar-refractivity contribution is -0.119. The van der Waals surface area contributed by atoms with Crippen LogP contribution < -0.4 is 23.9 Å². The summed E-state index contributed by atoms with van der Waals surface area (Å²) >= 11 is 0. The van der Waals surface area contributed by atoms with Gasteiger partial charge in [-0.3, -0.25) is 9.10 Å². The van der Waals surface area contributed by atoms with Gasteiger partial charge in [-0.1, -0.05) is 17.7 Å². The second kappa shape index (κ2) is 12.1. The van der Waals surface area contributed by atoms with Crippen molar-refractivity contribution in [3.05, 3.63) is 77.9 Å². The van der Waals surface area contributed by atoms with Crippen LogP contribution in [0.3, 0.4) is 0 Å². The Morgan fingerprint density at radius 1 is 0.972 bits per heavy atom. The van der Waals surface area contributed by atoms with E-state index in [1.165, 1.54) is 32.6 Å². The maximum Gasteiger partial charge on any atom is 0.264 e. The Hall–Kier alpha value is -4.05. The van der Waals surface area contributed by atoms with Gasteiger partial charge in [-0.25, -0.2) is 13.8 Å². The third-order valence-corrected chi connectivity index (χ3v) is 6.95. The fourth-order valence-electron chi connectivity index (χ4n) is 3.31. The number of hydrogen-bond acceptors (Lipinski definition) is 7. The number of hydrazone groups is 1. The molecule has 0 spiro atoms. The minimum atomic E-state index is -4.04. The van der Waals surface area contributed by atoms with Crippen LogP contribution in [0.2, 0.25) is 0 Å². The van der Waals surface area contributed by atoms with Crippen molar-refractivity contribution >= 4 is 27.8 Å². The van der Waals surface area contributed by atoms with E-state index in [9.17, 15) is 13.2 Å². The molecule has 0 aliphatic heterocycles. The smallest absolute Gasteiger partial charge is 0.264 e. The van der Waals surface area contributed by atoms with E-state index in [2.05, 4.69) is 10.5 Å². The Balaban J connectivity index is 1.85. The number of carbonyl (C=O) groups is 1. The first-order valence-corrected chi connectivity index (χ1v) is 12.6. The number of ether oxygens (including phenoxy) is 3. The van der Waals surface area contributed by atoms with Gasteiger partial charge in [-0.2, -0.15) is 5.10 Å². The van der Waals surface area contributed by atoms with E-state index in [0.29, 0.717) is 35.1 Å². The predicted molar refractivity (Wildman–Crippen MR) is 139 cm³/mol. The van der Waals surface area contributed by atoms with Crippen LogP contribution in [0.25, 0.3) is 0 Å². The van der Waals surface area contributed by atoms with Crippen LogP contribution >= 0.6 is 0 Å². The molecular formula is C26H29N3O6S. The quantitative estimate of drug-likeness (QED) is 0.310. The number of aryl methyl sites for hydroxylation is 1. The lowest BCUT2D eigenvalue weighted by Gasteiger charge is -2.24. The number of hydrogen-bond donors (Lipinski definition) is 1. The zero-order valence-electron chi connectivity index (χ0n) is 20.6. The normalized spacial score (nSPS) is 11.2. The van der Waals surface area contributed by atoms with Crippen LogP contribution in [0.1, 0.15) is 18.1 Å². The third-order valence-electron chi connectivity index (χ3n) is 5.16. The molecule has 0 radical (unpaired) electrons. The van der Waals surface area contributed by atoms with Crippen LogP contribution in [0.4, 0.5) is 5.69 Å². The molecule has 3 aromatic rings. The number of sulfonamides is 1. The van der Waals surface area contributed by atoms with E-state index in [0.717, 1.165) is 9.87 Å². The molecule has 0 saturated heterocycles. The Kier molecular flexibility index (Phi) is 8.91. The van der Waals surface area contributed by atoms with Gasteiger partial charge in [-0.15, -0.1) is 0 Å². The Morgan fingerprint density at radius 3 is 2.25 bits per heavy atom. The minimum Gasteiger partial charge on any atom is -0.497 e. The molecular weight excluding hydrogens is 482 g/mol. The zero-order chi connectivity index (χ0) is 26.1. The molecule has 1 amide bonds. The first kappa shape index (κ1) is 26.6. The van der Waals surface area contributed by atoms with Crippen molar-refractivity contribution in [1.82, 2.24) is 5.43 Å². The molecule has 10 heteroatoms. The lowest BCUT2D eigenvalue weighted by atomic mass is 10.2. The molecule has 1 N–H and O–H groups in total. The fourth-order valence-corrected chi connectivity index (χ4v) is 4.73. The number of nitrogens with zero attached hydrogens (tertiary/aromatic N) is 2. The van der Waals surface area contributed by atoms with Crippen molar-refractivity contribution in [2.75, 3.05) is 31.7 Å². The summed E-state index contributed by atoms with van der Waals surface area (Å²) in [6, 6.07) is 18.1. The maximum atomic E-state index is 13.5. The summed E-state index contributed by atoms with van der Waals surface area (Å²) in [5.41, 5.74) is 4.20. The Labute approximate surface area is 211 Å². The Morgan fingerprint density at radius 2 is 1.64 bits per heavy atom. The number of rotatable bonds is 11. The van der Waals surface area contributed by atoms with E-state index in [-0.39, 0.29) is 4.90 Å². The summed E-state index contributed by atoms with van der Waals surface area (Å²) < 4.78 is 44.0.